The normalized spacial score (nSPS) is 12.6. The monoisotopic (exact) mass is 272 g/mol. The minimum absolute atomic E-state index is 0.662. The Bertz CT molecular complexity index is 455. The molecule has 0 radical (unpaired) electrons. The number of hydrogen-bond donors (Lipinski definition) is 0. The molecule has 0 N–H and O–H groups in total. The van der Waals surface area contributed by atoms with Gasteiger partial charge < -0.3 is 4.74 Å². The molecule has 1 rings (SSSR count). The summed E-state index contributed by atoms with van der Waals surface area (Å²) in [6, 6.07) is 8.34. The highest BCUT2D eigenvalue weighted by atomic mass is 16.5. The average Bonchev–Trinajstić information content (AvgIpc) is 2.47. The summed E-state index contributed by atoms with van der Waals surface area (Å²) in [6.07, 6.45) is 8.98. The molecule has 1 nitrogen and oxygen atoms in total. The Hall–Kier alpha value is -1.50. The van der Waals surface area contributed by atoms with Gasteiger partial charge in [-0.1, -0.05) is 43.2 Å². The summed E-state index contributed by atoms with van der Waals surface area (Å²) in [5.74, 6) is 0.968. The van der Waals surface area contributed by atoms with Crippen LogP contribution in [0.15, 0.2) is 47.6 Å². The van der Waals surface area contributed by atoms with Crippen LogP contribution in [0.1, 0.15) is 52.5 Å². The van der Waals surface area contributed by atoms with Gasteiger partial charge in [-0.25, -0.2) is 0 Å². The molecule has 0 aliphatic rings. The quantitative estimate of drug-likeness (QED) is 0.551. The van der Waals surface area contributed by atoms with Crippen molar-refractivity contribution in [2.24, 2.45) is 0 Å². The van der Waals surface area contributed by atoms with Crippen LogP contribution < -0.4 is 4.74 Å². The summed E-state index contributed by atoms with van der Waals surface area (Å²) in [4.78, 5) is 0. The van der Waals surface area contributed by atoms with E-state index >= 15 is 0 Å². The smallest absolute Gasteiger partial charge is 0.120 e. The first-order valence-electron chi connectivity index (χ1n) is 7.68. The zero-order valence-electron chi connectivity index (χ0n) is 13.4. The van der Waals surface area contributed by atoms with Crippen LogP contribution in [0.5, 0.6) is 5.75 Å². The molecule has 20 heavy (non-hydrogen) atoms. The molecule has 1 aromatic rings. The van der Waals surface area contributed by atoms with Crippen molar-refractivity contribution < 1.29 is 4.74 Å². The van der Waals surface area contributed by atoms with E-state index in [2.05, 4.69) is 58.0 Å². The lowest BCUT2D eigenvalue weighted by Crippen LogP contribution is -1.95. The fraction of sp³-hybridized carbons (Fsp3) is 0.474. The maximum absolute atomic E-state index is 5.78. The van der Waals surface area contributed by atoms with Crippen LogP contribution in [0.25, 0.3) is 0 Å². The second-order valence-electron chi connectivity index (χ2n) is 5.31. The highest BCUT2D eigenvalue weighted by molar-refractivity contribution is 5.28. The number of rotatable bonds is 8. The van der Waals surface area contributed by atoms with Crippen molar-refractivity contribution in [3.63, 3.8) is 0 Å². The molecule has 0 saturated carbocycles. The third kappa shape index (κ3) is 6.60. The summed E-state index contributed by atoms with van der Waals surface area (Å²) in [7, 11) is 0. The Morgan fingerprint density at radius 2 is 1.90 bits per heavy atom. The number of allylic oxidation sites excluding steroid dienone is 3. The van der Waals surface area contributed by atoms with E-state index in [9.17, 15) is 0 Å². The highest BCUT2D eigenvalue weighted by Gasteiger charge is 1.95. The van der Waals surface area contributed by atoms with E-state index in [0.717, 1.165) is 31.4 Å². The Morgan fingerprint density at radius 3 is 2.60 bits per heavy atom. The highest BCUT2D eigenvalue weighted by Crippen LogP contribution is 2.14. The van der Waals surface area contributed by atoms with E-state index in [0.29, 0.717) is 6.61 Å². The number of ether oxygens (including phenoxy) is 1. The molecule has 0 unspecified atom stereocenters. The first kappa shape index (κ1) is 16.6. The molecule has 0 aromatic heterocycles. The number of aryl methyl sites for hydroxylation is 1. The summed E-state index contributed by atoms with van der Waals surface area (Å²) >= 11 is 0. The van der Waals surface area contributed by atoms with E-state index in [4.69, 9.17) is 4.74 Å². The maximum atomic E-state index is 5.78. The fourth-order valence-corrected chi connectivity index (χ4v) is 1.93. The minimum Gasteiger partial charge on any atom is -0.490 e. The second kappa shape index (κ2) is 9.41. The van der Waals surface area contributed by atoms with E-state index in [1.807, 2.05) is 6.07 Å². The topological polar surface area (TPSA) is 9.23 Å². The van der Waals surface area contributed by atoms with Crippen LogP contribution in [0, 0.1) is 0 Å². The van der Waals surface area contributed by atoms with Gasteiger partial charge in [0.15, 0.2) is 0 Å². The third-order valence-corrected chi connectivity index (χ3v) is 3.58. The lowest BCUT2D eigenvalue weighted by atomic mass is 10.1. The average molecular weight is 272 g/mol. The van der Waals surface area contributed by atoms with Gasteiger partial charge in [0.2, 0.25) is 0 Å². The molecule has 0 aliphatic carbocycles. The van der Waals surface area contributed by atoms with Crippen molar-refractivity contribution in [3.05, 3.63) is 53.1 Å². The second-order valence-corrected chi connectivity index (χ2v) is 5.31. The molecule has 0 heterocycles. The van der Waals surface area contributed by atoms with Crippen molar-refractivity contribution in [1.29, 1.82) is 0 Å². The molecular formula is C19H28O. The first-order chi connectivity index (χ1) is 9.65. The van der Waals surface area contributed by atoms with Gasteiger partial charge in [-0.3, -0.25) is 0 Å². The van der Waals surface area contributed by atoms with Crippen LogP contribution in [-0.4, -0.2) is 6.61 Å². The molecule has 1 heteroatoms. The summed E-state index contributed by atoms with van der Waals surface area (Å²) in [5.41, 5.74) is 4.20. The fourth-order valence-electron chi connectivity index (χ4n) is 1.93. The van der Waals surface area contributed by atoms with E-state index in [1.54, 1.807) is 0 Å². The van der Waals surface area contributed by atoms with Crippen LogP contribution in [-0.2, 0) is 6.42 Å². The Balaban J connectivity index is 2.35. The first-order valence-corrected chi connectivity index (χ1v) is 7.68. The molecule has 0 spiro atoms. The Labute approximate surface area is 124 Å². The maximum Gasteiger partial charge on any atom is 0.120 e. The van der Waals surface area contributed by atoms with Crippen LogP contribution in [0.2, 0.25) is 0 Å². The van der Waals surface area contributed by atoms with Gasteiger partial charge in [-0.15, -0.1) is 0 Å². The van der Waals surface area contributed by atoms with Crippen molar-refractivity contribution in [1.82, 2.24) is 0 Å². The zero-order valence-corrected chi connectivity index (χ0v) is 13.4. The van der Waals surface area contributed by atoms with Gasteiger partial charge in [0.05, 0.1) is 0 Å². The van der Waals surface area contributed by atoms with Gasteiger partial charge in [0.1, 0.15) is 12.4 Å². The molecule has 0 amide bonds. The van der Waals surface area contributed by atoms with Crippen molar-refractivity contribution in [2.75, 3.05) is 6.61 Å². The van der Waals surface area contributed by atoms with Gasteiger partial charge in [-0.2, -0.15) is 0 Å². The molecule has 0 fully saturated rings. The molecule has 0 bridgehead atoms. The van der Waals surface area contributed by atoms with E-state index in [-0.39, 0.29) is 0 Å². The van der Waals surface area contributed by atoms with Gasteiger partial charge in [0.25, 0.3) is 0 Å². The van der Waals surface area contributed by atoms with Crippen molar-refractivity contribution >= 4 is 0 Å². The van der Waals surface area contributed by atoms with E-state index in [1.165, 1.54) is 16.7 Å². The van der Waals surface area contributed by atoms with E-state index < -0.39 is 0 Å². The van der Waals surface area contributed by atoms with Crippen LogP contribution >= 0.6 is 0 Å². The summed E-state index contributed by atoms with van der Waals surface area (Å²) < 4.78 is 5.78. The molecule has 110 valence electrons. The predicted molar refractivity (Wildman–Crippen MR) is 88.4 cm³/mol. The van der Waals surface area contributed by atoms with Crippen LogP contribution in [0.4, 0.5) is 0 Å². The Kier molecular flexibility index (Phi) is 7.79. The third-order valence-electron chi connectivity index (χ3n) is 3.58. The number of hydrogen-bond acceptors (Lipinski definition) is 1. The summed E-state index contributed by atoms with van der Waals surface area (Å²) in [5, 5.41) is 0. The molecular weight excluding hydrogens is 244 g/mol. The standard InChI is InChI=1S/C19H28O/c1-5-16(3)9-7-10-17(4)13-14-20-19-12-8-11-18(6-2)15-19/h8-9,11-13,15H,5-7,10,14H2,1-4H3/b16-9-,17-13+. The molecule has 0 saturated heterocycles. The molecule has 0 atom stereocenters. The lowest BCUT2D eigenvalue weighted by Gasteiger charge is -2.06. The van der Waals surface area contributed by atoms with Crippen molar-refractivity contribution in [2.45, 2.75) is 53.4 Å². The van der Waals surface area contributed by atoms with Gasteiger partial charge in [0, 0.05) is 0 Å². The molecule has 0 aliphatic heterocycles. The SMILES string of the molecule is CC/C(C)=C\CC/C(C)=C/COc1cccc(CC)c1. The number of benzene rings is 1. The zero-order chi connectivity index (χ0) is 14.8. The van der Waals surface area contributed by atoms with Gasteiger partial charge >= 0.3 is 0 Å². The van der Waals surface area contributed by atoms with Gasteiger partial charge in [-0.05, 0) is 63.3 Å². The summed E-state index contributed by atoms with van der Waals surface area (Å²) in [6.45, 7) is 9.40. The largest absolute Gasteiger partial charge is 0.490 e. The minimum atomic E-state index is 0.662. The van der Waals surface area contributed by atoms with Crippen LogP contribution in [0.3, 0.4) is 0 Å². The molecule has 1 aromatic carbocycles. The lowest BCUT2D eigenvalue weighted by molar-refractivity contribution is 0.361. The Morgan fingerprint density at radius 1 is 1.10 bits per heavy atom. The van der Waals surface area contributed by atoms with Crippen molar-refractivity contribution in [3.8, 4) is 5.75 Å². The predicted octanol–water partition coefficient (Wildman–Crippen LogP) is 5.71.